The van der Waals surface area contributed by atoms with Gasteiger partial charge in [0.05, 0.1) is 11.6 Å². The van der Waals surface area contributed by atoms with Crippen LogP contribution in [0.4, 0.5) is 15.0 Å². The topological polar surface area (TPSA) is 65.9 Å². The summed E-state index contributed by atoms with van der Waals surface area (Å²) in [4.78, 5) is 21.1. The minimum absolute atomic E-state index is 0.0708. The van der Waals surface area contributed by atoms with Crippen molar-refractivity contribution >= 4 is 11.9 Å². The monoisotopic (exact) mass is 427 g/mol. The number of hydrogen-bond donors (Lipinski definition) is 1. The number of aromatic nitrogens is 1. The Labute approximate surface area is 182 Å². The van der Waals surface area contributed by atoms with E-state index in [4.69, 9.17) is 4.74 Å². The van der Waals surface area contributed by atoms with Gasteiger partial charge in [-0.15, -0.1) is 0 Å². The summed E-state index contributed by atoms with van der Waals surface area (Å²) >= 11 is 0. The van der Waals surface area contributed by atoms with Crippen molar-refractivity contribution in [1.29, 1.82) is 0 Å². The molecule has 31 heavy (non-hydrogen) atoms. The summed E-state index contributed by atoms with van der Waals surface area (Å²) < 4.78 is 20.3. The highest BCUT2D eigenvalue weighted by Gasteiger charge is 2.47. The number of hydrogen-bond acceptors (Lipinski definition) is 5. The molecule has 1 aromatic heterocycles. The van der Waals surface area contributed by atoms with Crippen LogP contribution in [0, 0.1) is 5.82 Å². The van der Waals surface area contributed by atoms with Gasteiger partial charge < -0.3 is 19.6 Å². The van der Waals surface area contributed by atoms with Crippen molar-refractivity contribution < 1.29 is 19.0 Å². The van der Waals surface area contributed by atoms with Crippen molar-refractivity contribution in [3.05, 3.63) is 60.0 Å². The molecular formula is C24H30FN3O3. The Morgan fingerprint density at radius 1 is 1.23 bits per heavy atom. The van der Waals surface area contributed by atoms with Gasteiger partial charge in [-0.3, -0.25) is 0 Å². The molecule has 2 atom stereocenters. The summed E-state index contributed by atoms with van der Waals surface area (Å²) in [6.07, 6.45) is 3.79. The van der Waals surface area contributed by atoms with Gasteiger partial charge in [-0.25, -0.2) is 14.2 Å². The third-order valence-corrected chi connectivity index (χ3v) is 6.17. The first kappa shape index (κ1) is 21.6. The fourth-order valence-electron chi connectivity index (χ4n) is 4.88. The molecule has 4 rings (SSSR count). The van der Waals surface area contributed by atoms with Gasteiger partial charge in [-0.1, -0.05) is 30.3 Å². The first-order chi connectivity index (χ1) is 14.8. The van der Waals surface area contributed by atoms with Crippen molar-refractivity contribution in [2.24, 2.45) is 0 Å². The van der Waals surface area contributed by atoms with Crippen molar-refractivity contribution in [2.75, 3.05) is 24.5 Å². The molecule has 0 bridgehead atoms. The molecular weight excluding hydrogens is 397 g/mol. The normalized spacial score (nSPS) is 24.8. The summed E-state index contributed by atoms with van der Waals surface area (Å²) in [7, 11) is 0. The number of carbonyl (C=O) groups excluding carboxylic acids is 1. The summed E-state index contributed by atoms with van der Waals surface area (Å²) in [6.45, 7) is 5.22. The van der Waals surface area contributed by atoms with E-state index in [2.05, 4.69) is 4.98 Å². The zero-order valence-electron chi connectivity index (χ0n) is 18.1. The summed E-state index contributed by atoms with van der Waals surface area (Å²) in [5.41, 5.74) is -0.962. The number of amides is 1. The van der Waals surface area contributed by atoms with E-state index in [0.717, 1.165) is 18.4 Å². The van der Waals surface area contributed by atoms with E-state index in [-0.39, 0.29) is 18.0 Å². The maximum atomic E-state index is 14.2. The zero-order valence-corrected chi connectivity index (χ0v) is 18.1. The number of pyridine rings is 1. The Morgan fingerprint density at radius 2 is 2.00 bits per heavy atom. The number of nitrogens with zero attached hydrogens (tertiary/aromatic N) is 3. The Kier molecular flexibility index (Phi) is 5.88. The lowest BCUT2D eigenvalue weighted by molar-refractivity contribution is -0.102. The van der Waals surface area contributed by atoms with Crippen molar-refractivity contribution in [3.8, 4) is 0 Å². The van der Waals surface area contributed by atoms with Gasteiger partial charge in [0.15, 0.2) is 11.6 Å². The van der Waals surface area contributed by atoms with Crippen LogP contribution in [-0.4, -0.2) is 52.4 Å². The lowest BCUT2D eigenvalue weighted by Gasteiger charge is -2.47. The lowest BCUT2D eigenvalue weighted by atomic mass is 9.80. The van der Waals surface area contributed by atoms with Crippen LogP contribution >= 0.6 is 0 Å². The average molecular weight is 428 g/mol. The van der Waals surface area contributed by atoms with E-state index < -0.39 is 11.2 Å². The Morgan fingerprint density at radius 3 is 2.68 bits per heavy atom. The summed E-state index contributed by atoms with van der Waals surface area (Å²) in [5, 5.41) is 10.5. The first-order valence-corrected chi connectivity index (χ1v) is 10.9. The van der Waals surface area contributed by atoms with E-state index in [1.54, 1.807) is 31.0 Å². The Hall–Kier alpha value is -2.67. The van der Waals surface area contributed by atoms with E-state index in [1.807, 2.05) is 35.2 Å². The molecule has 0 aliphatic carbocycles. The van der Waals surface area contributed by atoms with Crippen molar-refractivity contribution in [1.82, 2.24) is 9.88 Å². The van der Waals surface area contributed by atoms with E-state index >= 15 is 0 Å². The molecule has 166 valence electrons. The molecule has 2 saturated heterocycles. The predicted molar refractivity (Wildman–Crippen MR) is 116 cm³/mol. The Bertz CT molecular complexity index is 918. The number of anilines is 1. The molecule has 2 aliphatic rings. The number of aliphatic hydroxyl groups is 1. The molecule has 3 heterocycles. The number of carbonyl (C=O) groups is 1. The molecule has 2 aliphatic heterocycles. The summed E-state index contributed by atoms with van der Waals surface area (Å²) in [5.74, 6) is -0.0177. The van der Waals surface area contributed by atoms with Gasteiger partial charge in [0.1, 0.15) is 5.60 Å². The van der Waals surface area contributed by atoms with E-state index in [0.29, 0.717) is 38.3 Å². The van der Waals surface area contributed by atoms with Crippen LogP contribution in [0.15, 0.2) is 48.7 Å². The van der Waals surface area contributed by atoms with Gasteiger partial charge in [-0.05, 0) is 44.4 Å². The van der Waals surface area contributed by atoms with Gasteiger partial charge in [-0.2, -0.15) is 0 Å². The molecule has 1 aromatic carbocycles. The standard InChI is InChI=1S/C24H30FN3O3/c1-23(2,30)17-24(18-8-4-3-5-9-18)12-15-28(22(29)31-24)19-10-7-14-27(16-19)21-20(25)11-6-13-26-21/h3-6,8-9,11,13,19,30H,7,10,12,14-17H2,1-2H3/t19-,24-/m0/s1. The number of ether oxygens (including phenoxy) is 1. The van der Waals surface area contributed by atoms with Crippen LogP contribution in [0.5, 0.6) is 0 Å². The second kappa shape index (κ2) is 8.46. The maximum Gasteiger partial charge on any atom is 0.410 e. The van der Waals surface area contributed by atoms with Gasteiger partial charge >= 0.3 is 6.09 Å². The first-order valence-electron chi connectivity index (χ1n) is 10.9. The highest BCUT2D eigenvalue weighted by molar-refractivity contribution is 5.70. The lowest BCUT2D eigenvalue weighted by Crippen LogP contribution is -2.57. The maximum absolute atomic E-state index is 14.2. The van der Waals surface area contributed by atoms with Gasteiger partial charge in [0, 0.05) is 38.7 Å². The minimum Gasteiger partial charge on any atom is -0.438 e. The van der Waals surface area contributed by atoms with E-state index in [9.17, 15) is 14.3 Å². The van der Waals surface area contributed by atoms with Crippen LogP contribution in [0.25, 0.3) is 0 Å². The predicted octanol–water partition coefficient (Wildman–Crippen LogP) is 4.09. The molecule has 1 N–H and O–H groups in total. The van der Waals surface area contributed by atoms with Gasteiger partial charge in [0.2, 0.25) is 0 Å². The van der Waals surface area contributed by atoms with Crippen LogP contribution in [-0.2, 0) is 10.3 Å². The van der Waals surface area contributed by atoms with Gasteiger partial charge in [0.25, 0.3) is 0 Å². The molecule has 0 radical (unpaired) electrons. The highest BCUT2D eigenvalue weighted by Crippen LogP contribution is 2.41. The fraction of sp³-hybridized carbons (Fsp3) is 0.500. The molecule has 7 heteroatoms. The highest BCUT2D eigenvalue weighted by atomic mass is 19.1. The SMILES string of the molecule is CC(C)(O)C[C@]1(c2ccccc2)CCN([C@H]2CCCN(c3ncccc3F)C2)C(=O)O1. The zero-order chi connectivity index (χ0) is 22.1. The quantitative estimate of drug-likeness (QED) is 0.779. The average Bonchev–Trinajstić information content (AvgIpc) is 2.74. The molecule has 6 nitrogen and oxygen atoms in total. The summed E-state index contributed by atoms with van der Waals surface area (Å²) in [6, 6.07) is 12.6. The number of piperidine rings is 1. The van der Waals surface area contributed by atoms with Crippen LogP contribution in [0.3, 0.4) is 0 Å². The Balaban J connectivity index is 1.53. The van der Waals surface area contributed by atoms with Crippen molar-refractivity contribution in [2.45, 2.75) is 56.8 Å². The second-order valence-corrected chi connectivity index (χ2v) is 9.21. The smallest absolute Gasteiger partial charge is 0.410 e. The number of cyclic esters (lactones) is 1. The van der Waals surface area contributed by atoms with Crippen LogP contribution in [0.1, 0.15) is 45.1 Å². The molecule has 2 aromatic rings. The number of rotatable bonds is 5. The van der Waals surface area contributed by atoms with E-state index in [1.165, 1.54) is 6.07 Å². The third kappa shape index (κ3) is 4.66. The fourth-order valence-corrected chi connectivity index (χ4v) is 4.88. The molecule has 0 spiro atoms. The van der Waals surface area contributed by atoms with Crippen molar-refractivity contribution in [3.63, 3.8) is 0 Å². The molecule has 1 amide bonds. The molecule has 2 fully saturated rings. The van der Waals surface area contributed by atoms with Crippen LogP contribution in [0.2, 0.25) is 0 Å². The second-order valence-electron chi connectivity index (χ2n) is 9.21. The molecule has 0 unspecified atom stereocenters. The largest absolute Gasteiger partial charge is 0.438 e. The minimum atomic E-state index is -0.990. The third-order valence-electron chi connectivity index (χ3n) is 6.17. The van der Waals surface area contributed by atoms with Crippen LogP contribution < -0.4 is 4.90 Å². The number of halogens is 1. The molecule has 0 saturated carbocycles. The number of benzene rings is 1.